The molecule has 0 fully saturated rings. The maximum absolute atomic E-state index is 9.29. The van der Waals surface area contributed by atoms with Gasteiger partial charge in [0.05, 0.1) is 0 Å². The zero-order valence-corrected chi connectivity index (χ0v) is 10.9. The van der Waals surface area contributed by atoms with Gasteiger partial charge in [-0.15, -0.1) is 0 Å². The van der Waals surface area contributed by atoms with Crippen LogP contribution in [0.1, 0.15) is 26.2 Å². The zero-order chi connectivity index (χ0) is 9.33. The fourth-order valence-electron chi connectivity index (χ4n) is 0.352. The van der Waals surface area contributed by atoms with Crippen molar-refractivity contribution < 1.29 is 29.6 Å². The van der Waals surface area contributed by atoms with Gasteiger partial charge in [-0.3, -0.25) is 0 Å². The van der Waals surface area contributed by atoms with E-state index in [2.05, 4.69) is 50.8 Å². The summed E-state index contributed by atoms with van der Waals surface area (Å²) in [7, 11) is 0. The van der Waals surface area contributed by atoms with E-state index in [0.717, 1.165) is 0 Å². The van der Waals surface area contributed by atoms with Crippen molar-refractivity contribution in [2.24, 2.45) is 0 Å². The van der Waals surface area contributed by atoms with Crippen LogP contribution in [0.2, 0.25) is 4.81 Å². The molecule has 0 saturated carbocycles. The van der Waals surface area contributed by atoms with Crippen molar-refractivity contribution in [2.45, 2.75) is 31.0 Å². The molecule has 0 heterocycles. The second kappa shape index (κ2) is 9.69. The van der Waals surface area contributed by atoms with E-state index in [9.17, 15) is 9.79 Å². The average molecular weight is 294 g/mol. The maximum Gasteiger partial charge on any atom is -0.160 e. The Morgan fingerprint density at radius 1 is 1.45 bits per heavy atom. The van der Waals surface area contributed by atoms with Gasteiger partial charge in [0.25, 0.3) is 0 Å². The molecule has 0 unspecified atom stereocenters. The van der Waals surface area contributed by atoms with Crippen LogP contribution in [0, 0.1) is 0 Å². The van der Waals surface area contributed by atoms with Crippen LogP contribution in [0.3, 0.4) is 0 Å². The van der Waals surface area contributed by atoms with E-state index in [4.69, 9.17) is 0 Å². The van der Waals surface area contributed by atoms with Gasteiger partial charge >= 0.3 is 50.8 Å². The number of unbranched alkanes of at least 4 members (excludes halogenated alkanes) is 2. The van der Waals surface area contributed by atoms with Gasteiger partial charge < -0.3 is 27.7 Å². The molecule has 11 heavy (non-hydrogen) atoms. The van der Waals surface area contributed by atoms with E-state index in [1.807, 2.05) is 0 Å². The van der Waals surface area contributed by atoms with Gasteiger partial charge in [-0.2, -0.15) is 11.8 Å². The van der Waals surface area contributed by atoms with Crippen molar-refractivity contribution in [2.75, 3.05) is 0 Å². The van der Waals surface area contributed by atoms with Gasteiger partial charge in [0.2, 0.25) is 0 Å². The molecule has 0 spiro atoms. The molecule has 2 nitrogen and oxygen atoms in total. The Morgan fingerprint density at radius 2 is 1.82 bits per heavy atom. The summed E-state index contributed by atoms with van der Waals surface area (Å²) in [6.45, 7) is 2.23. The number of hydrogen-bond acceptors (Lipinski definition) is 4. The number of rotatable bonds is 3. The van der Waals surface area contributed by atoms with Crippen molar-refractivity contribution in [1.29, 1.82) is 0 Å². The second-order valence-electron chi connectivity index (χ2n) is 1.86. The van der Waals surface area contributed by atoms with Gasteiger partial charge in [0.1, 0.15) is 0 Å². The van der Waals surface area contributed by atoms with Gasteiger partial charge in [-0.25, -0.2) is 0 Å². The van der Waals surface area contributed by atoms with Crippen molar-refractivity contribution in [3.8, 4) is 0 Å². The van der Waals surface area contributed by atoms with Gasteiger partial charge in [-0.05, 0) is 0 Å². The first kappa shape index (κ1) is 15.1. The van der Waals surface area contributed by atoms with Crippen LogP contribution in [0.4, 0.5) is 0 Å². The molecule has 0 N–H and O–H groups in total. The van der Waals surface area contributed by atoms with Crippen LogP contribution < -0.4 is 9.79 Å². The molecule has 0 aromatic heterocycles. The Kier molecular flexibility index (Phi) is 13.3. The molecule has 0 aliphatic carbocycles. The molecule has 0 atom stereocenters. The summed E-state index contributed by atoms with van der Waals surface area (Å²) >= 11 is 9.45. The normalized spacial score (nSPS) is 10.1. The Hall–Kier alpha value is 1.61. The molecule has 0 aliphatic rings. The SMILES string of the molecule is CCCC[CH2][Mo+3].[O-]P([O-])(=S)[S-]. The van der Waals surface area contributed by atoms with Crippen molar-refractivity contribution in [3.63, 3.8) is 0 Å². The molecule has 0 aromatic rings. The third-order valence-electron chi connectivity index (χ3n) is 0.748. The van der Waals surface area contributed by atoms with Crippen LogP contribution in [0.15, 0.2) is 0 Å². The standard InChI is InChI=1S/C5H11.Mo.H3O2PS2/c1-3-5-4-2;;1-3(2,4)5/h1,3-5H2,2H3;;(H3,1,2,4,5)/q;+3;/p-3. The average Bonchev–Trinajstić information content (AvgIpc) is 1.79. The van der Waals surface area contributed by atoms with Crippen LogP contribution in [-0.4, -0.2) is 0 Å². The third-order valence-corrected chi connectivity index (χ3v) is 1.46. The zero-order valence-electron chi connectivity index (χ0n) is 6.32. The Morgan fingerprint density at radius 3 is 1.91 bits per heavy atom. The van der Waals surface area contributed by atoms with Crippen LogP contribution in [0.5, 0.6) is 0 Å². The summed E-state index contributed by atoms with van der Waals surface area (Å²) in [6, 6.07) is 0. The predicted molar refractivity (Wildman–Crippen MR) is 46.0 cm³/mol. The monoisotopic (exact) mass is 296 g/mol. The molecule has 0 amide bonds. The summed E-state index contributed by atoms with van der Waals surface area (Å²) in [5.74, 6) is 0. The molecular formula is C5H11MoO2PS2. The molecule has 0 aromatic carbocycles. The predicted octanol–water partition coefficient (Wildman–Crippen LogP) is 0.620. The van der Waals surface area contributed by atoms with Gasteiger partial charge in [-0.1, -0.05) is 0 Å². The fourth-order valence-corrected chi connectivity index (χ4v) is 0.854. The summed E-state index contributed by atoms with van der Waals surface area (Å²) in [4.78, 5) is 19.9. The summed E-state index contributed by atoms with van der Waals surface area (Å²) < 4.78 is 0. The Bertz CT molecular complexity index is 105. The van der Waals surface area contributed by atoms with Crippen LogP contribution >= 0.6 is 5.69 Å². The summed E-state index contributed by atoms with van der Waals surface area (Å²) in [5, 5.41) is 0. The van der Waals surface area contributed by atoms with Crippen LogP contribution in [0.25, 0.3) is 0 Å². The summed E-state index contributed by atoms with van der Waals surface area (Å²) in [5.41, 5.74) is -3.72. The maximum atomic E-state index is 9.29. The first-order valence-corrected chi connectivity index (χ1v) is 8.30. The topological polar surface area (TPSA) is 46.1 Å². The van der Waals surface area contributed by atoms with E-state index in [1.54, 1.807) is 0 Å². The molecule has 0 bridgehead atoms. The minimum absolute atomic E-state index is 1.36. The van der Waals surface area contributed by atoms with E-state index in [0.29, 0.717) is 0 Å². The second-order valence-corrected chi connectivity index (χ2v) is 7.33. The van der Waals surface area contributed by atoms with Gasteiger partial charge in [0.15, 0.2) is 0 Å². The quantitative estimate of drug-likeness (QED) is 0.331. The molecule has 0 radical (unpaired) electrons. The molecule has 0 rings (SSSR count). The van der Waals surface area contributed by atoms with Gasteiger partial charge in [0, 0.05) is 0 Å². The van der Waals surface area contributed by atoms with E-state index in [-0.39, 0.29) is 0 Å². The molecule has 0 aliphatic heterocycles. The van der Waals surface area contributed by atoms with Crippen molar-refractivity contribution >= 4 is 29.7 Å². The van der Waals surface area contributed by atoms with Crippen molar-refractivity contribution in [1.82, 2.24) is 0 Å². The van der Waals surface area contributed by atoms with Crippen molar-refractivity contribution in [3.05, 3.63) is 0 Å². The van der Waals surface area contributed by atoms with Crippen LogP contribution in [-0.2, 0) is 43.9 Å². The molecule has 0 saturated heterocycles. The Balaban J connectivity index is 0. The van der Waals surface area contributed by atoms with E-state index >= 15 is 0 Å². The molecule has 66 valence electrons. The summed E-state index contributed by atoms with van der Waals surface area (Å²) in [6.07, 6.45) is 4.19. The minimum Gasteiger partial charge on any atom is -0.850 e. The van der Waals surface area contributed by atoms with E-state index in [1.165, 1.54) is 24.1 Å². The number of hydrogen-bond donors (Lipinski definition) is 0. The molecular weight excluding hydrogens is 283 g/mol. The minimum atomic E-state index is -3.72. The first-order chi connectivity index (χ1) is 4.91. The fraction of sp³-hybridized carbons (Fsp3) is 1.00. The Labute approximate surface area is 90.0 Å². The third kappa shape index (κ3) is 50.5. The first-order valence-electron chi connectivity index (χ1n) is 3.23. The smallest absolute Gasteiger partial charge is 0.160 e. The molecule has 6 heteroatoms. The van der Waals surface area contributed by atoms with E-state index < -0.39 is 5.69 Å². The largest absolute Gasteiger partial charge is 0.850 e.